The van der Waals surface area contributed by atoms with Crippen molar-refractivity contribution < 1.29 is 41.1 Å². The van der Waals surface area contributed by atoms with E-state index in [2.05, 4.69) is 6.92 Å². The van der Waals surface area contributed by atoms with Gasteiger partial charge in [0.25, 0.3) is 0 Å². The van der Waals surface area contributed by atoms with E-state index in [1.54, 1.807) is 0 Å². The van der Waals surface area contributed by atoms with E-state index < -0.39 is 9.84 Å². The Hall–Kier alpha value is 1.05. The van der Waals surface area contributed by atoms with Crippen molar-refractivity contribution >= 4 is 9.84 Å². The van der Waals surface area contributed by atoms with Crippen molar-refractivity contribution in [3.05, 3.63) is 6.92 Å². The Morgan fingerprint density at radius 1 is 1.30 bits per heavy atom. The summed E-state index contributed by atoms with van der Waals surface area (Å²) in [5, 5.41) is 0. The van der Waals surface area contributed by atoms with Crippen molar-refractivity contribution in [2.45, 2.75) is 19.3 Å². The summed E-state index contributed by atoms with van der Waals surface area (Å²) in [5.41, 5.74) is 0. The second-order valence-corrected chi connectivity index (χ2v) is 4.45. The van der Waals surface area contributed by atoms with Gasteiger partial charge in [0, 0.05) is 44.7 Å². The van der Waals surface area contributed by atoms with Crippen LogP contribution in [0.25, 0.3) is 0 Å². The summed E-state index contributed by atoms with van der Waals surface area (Å²) >= 11 is 0. The predicted octanol–water partition coefficient (Wildman–Crippen LogP) is 1.03. The van der Waals surface area contributed by atoms with Gasteiger partial charge in [0.15, 0.2) is 0 Å². The van der Waals surface area contributed by atoms with E-state index in [0.717, 1.165) is 19.3 Å². The molecule has 0 bridgehead atoms. The van der Waals surface area contributed by atoms with Crippen molar-refractivity contribution in [1.82, 2.24) is 0 Å². The Bertz CT molecular complexity index is 151. The van der Waals surface area contributed by atoms with Gasteiger partial charge in [-0.2, -0.15) is 6.42 Å². The molecule has 0 rings (SSSR count). The number of hydrogen-bond acceptors (Lipinski definition) is 2. The first-order valence-electron chi connectivity index (χ1n) is 3.03. The molecule has 59 valence electrons. The van der Waals surface area contributed by atoms with Crippen LogP contribution in [0.2, 0.25) is 0 Å². The topological polar surface area (TPSA) is 34.1 Å². The molecule has 0 aliphatic heterocycles. The summed E-state index contributed by atoms with van der Waals surface area (Å²) in [5.74, 6) is 0.308. The first kappa shape index (κ1) is 13.6. The summed E-state index contributed by atoms with van der Waals surface area (Å²) in [7, 11) is -2.72. The Kier molecular flexibility index (Phi) is 9.19. The van der Waals surface area contributed by atoms with Crippen LogP contribution < -0.4 is 0 Å². The third kappa shape index (κ3) is 11.8. The predicted molar refractivity (Wildman–Crippen MR) is 38.9 cm³/mol. The van der Waals surface area contributed by atoms with Gasteiger partial charge < -0.3 is 6.92 Å². The minimum Gasteiger partial charge on any atom is -0.343 e. The Morgan fingerprint density at radius 2 is 1.80 bits per heavy atom. The molecule has 0 heterocycles. The number of rotatable bonds is 4. The minimum atomic E-state index is -2.72. The maximum absolute atomic E-state index is 10.5. The van der Waals surface area contributed by atoms with E-state index in [4.69, 9.17) is 0 Å². The van der Waals surface area contributed by atoms with Gasteiger partial charge in [-0.3, -0.25) is 0 Å². The molecule has 0 N–H and O–H groups in total. The first-order valence-corrected chi connectivity index (χ1v) is 5.09. The quantitative estimate of drug-likeness (QED) is 0.541. The average Bonchev–Trinajstić information content (AvgIpc) is 1.63. The summed E-state index contributed by atoms with van der Waals surface area (Å²) in [6.07, 6.45) is 3.75. The van der Waals surface area contributed by atoms with Gasteiger partial charge in [-0.15, -0.1) is 0 Å². The van der Waals surface area contributed by atoms with E-state index in [1.165, 1.54) is 6.26 Å². The van der Waals surface area contributed by atoms with Gasteiger partial charge in [-0.1, -0.05) is 6.42 Å². The summed E-state index contributed by atoms with van der Waals surface area (Å²) in [6.45, 7) is 3.61. The zero-order chi connectivity index (χ0) is 7.33. The molecular formula is C6H13O2SY-. The van der Waals surface area contributed by atoms with Gasteiger partial charge in [-0.05, 0) is 6.42 Å². The van der Waals surface area contributed by atoms with Gasteiger partial charge in [0.1, 0.15) is 9.84 Å². The van der Waals surface area contributed by atoms with E-state index in [-0.39, 0.29) is 32.7 Å². The van der Waals surface area contributed by atoms with Gasteiger partial charge in [0.2, 0.25) is 0 Å². The van der Waals surface area contributed by atoms with Gasteiger partial charge in [-0.25, -0.2) is 8.42 Å². The van der Waals surface area contributed by atoms with E-state index in [0.29, 0.717) is 5.75 Å². The fraction of sp³-hybridized carbons (Fsp3) is 0.833. The Balaban J connectivity index is 0. The van der Waals surface area contributed by atoms with Crippen LogP contribution in [0.5, 0.6) is 0 Å². The molecule has 2 nitrogen and oxygen atoms in total. The first-order chi connectivity index (χ1) is 4.06. The minimum absolute atomic E-state index is 0. The fourth-order valence-electron chi connectivity index (χ4n) is 0.541. The molecule has 0 atom stereocenters. The zero-order valence-corrected chi connectivity index (χ0v) is 9.99. The monoisotopic (exact) mass is 238 g/mol. The molecule has 0 aromatic rings. The molecule has 0 aromatic heterocycles. The summed E-state index contributed by atoms with van der Waals surface area (Å²) < 4.78 is 21.0. The van der Waals surface area contributed by atoms with Crippen molar-refractivity contribution in [2.24, 2.45) is 0 Å². The van der Waals surface area contributed by atoms with Crippen LogP contribution in [-0.4, -0.2) is 20.4 Å². The van der Waals surface area contributed by atoms with Crippen molar-refractivity contribution in [2.75, 3.05) is 12.0 Å². The van der Waals surface area contributed by atoms with Crippen LogP contribution in [0.3, 0.4) is 0 Å². The normalized spacial score (nSPS) is 10.6. The molecule has 0 aliphatic carbocycles. The van der Waals surface area contributed by atoms with Crippen LogP contribution in [0, 0.1) is 6.92 Å². The largest absolute Gasteiger partial charge is 0.343 e. The van der Waals surface area contributed by atoms with Crippen LogP contribution in [-0.2, 0) is 42.5 Å². The number of sulfone groups is 1. The summed E-state index contributed by atoms with van der Waals surface area (Å²) in [6, 6.07) is 0. The molecule has 4 heteroatoms. The van der Waals surface area contributed by atoms with Crippen molar-refractivity contribution in [3.63, 3.8) is 0 Å². The maximum Gasteiger partial charge on any atom is 0.147 e. The molecular weight excluding hydrogens is 225 g/mol. The molecule has 0 unspecified atom stereocenters. The Labute approximate surface area is 88.6 Å². The van der Waals surface area contributed by atoms with Gasteiger partial charge in [0.05, 0.1) is 0 Å². The van der Waals surface area contributed by atoms with Crippen molar-refractivity contribution in [1.29, 1.82) is 0 Å². The van der Waals surface area contributed by atoms with Crippen LogP contribution >= 0.6 is 0 Å². The summed E-state index contributed by atoms with van der Waals surface area (Å²) in [4.78, 5) is 0. The van der Waals surface area contributed by atoms with Gasteiger partial charge >= 0.3 is 0 Å². The zero-order valence-electron chi connectivity index (χ0n) is 6.34. The van der Waals surface area contributed by atoms with Crippen LogP contribution in [0.1, 0.15) is 19.3 Å². The van der Waals surface area contributed by atoms with E-state index >= 15 is 0 Å². The molecule has 0 saturated carbocycles. The Morgan fingerprint density at radius 3 is 2.10 bits per heavy atom. The molecule has 0 amide bonds. The molecule has 0 saturated heterocycles. The van der Waals surface area contributed by atoms with Crippen LogP contribution in [0.4, 0.5) is 0 Å². The molecule has 0 fully saturated rings. The fourth-order valence-corrected chi connectivity index (χ4v) is 1.27. The van der Waals surface area contributed by atoms with Crippen molar-refractivity contribution in [3.8, 4) is 0 Å². The second kappa shape index (κ2) is 6.74. The molecule has 0 aliphatic rings. The molecule has 0 aromatic carbocycles. The third-order valence-electron chi connectivity index (χ3n) is 1.02. The number of unbranched alkanes of at least 4 members (excludes halogenated alkanes) is 2. The molecule has 10 heavy (non-hydrogen) atoms. The average molecular weight is 238 g/mol. The van der Waals surface area contributed by atoms with E-state index in [1.807, 2.05) is 0 Å². The SMILES string of the molecule is [CH2-]CCCCS(C)(=O)=O.[Y]. The smallest absolute Gasteiger partial charge is 0.147 e. The maximum atomic E-state index is 10.5. The van der Waals surface area contributed by atoms with Crippen LogP contribution in [0.15, 0.2) is 0 Å². The molecule has 1 radical (unpaired) electrons. The second-order valence-electron chi connectivity index (χ2n) is 2.19. The standard InChI is InChI=1S/C6H13O2S.Y/c1-3-4-5-6-9(2,7)8;/h1,3-6H2,2H3;/q-1;. The van der Waals surface area contributed by atoms with E-state index in [9.17, 15) is 8.42 Å². The molecule has 0 spiro atoms. The third-order valence-corrected chi connectivity index (χ3v) is 2.05. The number of hydrogen-bond donors (Lipinski definition) is 0.